The quantitative estimate of drug-likeness (QED) is 0.443. The Labute approximate surface area is 249 Å². The van der Waals surface area contributed by atoms with Gasteiger partial charge in [0.15, 0.2) is 0 Å². The Morgan fingerprint density at radius 1 is 1.05 bits per heavy atom. The van der Waals surface area contributed by atoms with E-state index in [9.17, 15) is 8.78 Å². The number of ether oxygens (including phenoxy) is 1. The third kappa shape index (κ3) is 5.79. The molecule has 7 rings (SSSR count). The number of aromatic nitrogens is 2. The summed E-state index contributed by atoms with van der Waals surface area (Å²) < 4.78 is 32.1. The van der Waals surface area contributed by atoms with Crippen LogP contribution >= 0.6 is 0 Å². The molecule has 4 aliphatic heterocycles. The second kappa shape index (κ2) is 12.3. The van der Waals surface area contributed by atoms with Crippen molar-refractivity contribution in [1.29, 1.82) is 0 Å². The maximum Gasteiger partial charge on any atom is 1.00 e. The molecule has 40 heavy (non-hydrogen) atoms. The molecule has 9 heteroatoms. The van der Waals surface area contributed by atoms with Gasteiger partial charge in [-0.2, -0.15) is 41.2 Å². The fourth-order valence-electron chi connectivity index (χ4n) is 7.35. The van der Waals surface area contributed by atoms with Crippen molar-refractivity contribution in [3.63, 3.8) is 0 Å². The van der Waals surface area contributed by atoms with Crippen molar-refractivity contribution < 1.29 is 32.4 Å². The third-order valence-electron chi connectivity index (χ3n) is 9.36. The average molecular weight is 544 g/mol. The molecule has 2 bridgehead atoms. The zero-order valence-electron chi connectivity index (χ0n) is 23.9. The first-order valence-corrected chi connectivity index (χ1v) is 14.7. The SMILES string of the molecule is FC1(F)CCc2[c-]cccc21.[CH2-]Cc1nc(OCC23CCCN2CCC3)nc(N2CC3CCC(C2)N3)c1C[CH2-].[Li+]. The first kappa shape index (κ1) is 29.8. The molecule has 1 aromatic carbocycles. The molecule has 212 valence electrons. The molecule has 2 unspecified atom stereocenters. The monoisotopic (exact) mass is 543 g/mol. The number of aryl methyl sites for hydroxylation is 1. The van der Waals surface area contributed by atoms with E-state index in [1.165, 1.54) is 57.7 Å². The van der Waals surface area contributed by atoms with Crippen LogP contribution in [0.25, 0.3) is 0 Å². The Hall–Kier alpha value is -1.72. The van der Waals surface area contributed by atoms with E-state index in [-0.39, 0.29) is 36.4 Å². The molecule has 1 aliphatic carbocycles. The standard InChI is InChI=1S/C22H33N5O.C9H7F2.Li/c1-3-18-19(4-2)24-21(28-15-22-9-5-11-27(22)12-6-10-22)25-20(18)26-13-16-7-8-17(14-26)23-16;10-9(11)6-5-7-3-1-2-4-8(7)9;/h16-17,23H,1-15H2;1-2,4H,5-6H2;/q-2;-1;+1. The minimum Gasteiger partial charge on any atom is -0.461 e. The van der Waals surface area contributed by atoms with Gasteiger partial charge in [0.25, 0.3) is 0 Å². The summed E-state index contributed by atoms with van der Waals surface area (Å²) in [6.45, 7) is 13.4. The molecular weight excluding hydrogens is 503 g/mol. The van der Waals surface area contributed by atoms with Gasteiger partial charge in [0.2, 0.25) is 5.92 Å². The van der Waals surface area contributed by atoms with Crippen LogP contribution in [0, 0.1) is 19.9 Å². The van der Waals surface area contributed by atoms with E-state index in [1.807, 2.05) is 0 Å². The molecule has 0 spiro atoms. The predicted octanol–water partition coefficient (Wildman–Crippen LogP) is 1.71. The van der Waals surface area contributed by atoms with Gasteiger partial charge < -0.3 is 28.8 Å². The molecule has 1 N–H and O–H groups in total. The summed E-state index contributed by atoms with van der Waals surface area (Å²) in [4.78, 5) is 14.7. The predicted molar refractivity (Wildman–Crippen MR) is 148 cm³/mol. The molecule has 2 atom stereocenters. The molecule has 1 aromatic heterocycles. The second-order valence-electron chi connectivity index (χ2n) is 11.8. The van der Waals surface area contributed by atoms with E-state index in [0.717, 1.165) is 30.2 Å². The molecule has 0 radical (unpaired) electrons. The number of nitrogens with one attached hydrogen (secondary N) is 1. The molecule has 0 saturated carbocycles. The molecule has 0 amide bonds. The van der Waals surface area contributed by atoms with Crippen LogP contribution in [-0.2, 0) is 25.2 Å². The first-order valence-electron chi connectivity index (χ1n) is 14.7. The minimum absolute atomic E-state index is 0. The smallest absolute Gasteiger partial charge is 0.461 e. The molecule has 5 heterocycles. The number of nitrogens with zero attached hydrogens (tertiary/aromatic N) is 4. The Balaban J connectivity index is 0.000000226. The minimum atomic E-state index is -2.60. The number of hydrogen-bond acceptors (Lipinski definition) is 6. The van der Waals surface area contributed by atoms with Crippen molar-refractivity contribution >= 4 is 5.82 Å². The summed E-state index contributed by atoms with van der Waals surface area (Å²) in [5.41, 5.74) is 3.20. The van der Waals surface area contributed by atoms with Crippen LogP contribution in [0.3, 0.4) is 0 Å². The zero-order valence-corrected chi connectivity index (χ0v) is 23.9. The van der Waals surface area contributed by atoms with Gasteiger partial charge >= 0.3 is 24.9 Å². The summed E-state index contributed by atoms with van der Waals surface area (Å²) in [5, 5.41) is 3.71. The maximum atomic E-state index is 12.9. The number of rotatable bonds is 6. The van der Waals surface area contributed by atoms with Gasteiger partial charge in [-0.25, -0.2) is 13.8 Å². The Morgan fingerprint density at radius 2 is 1.77 bits per heavy atom. The van der Waals surface area contributed by atoms with Crippen LogP contribution in [0.15, 0.2) is 18.2 Å². The van der Waals surface area contributed by atoms with Gasteiger partial charge in [0.05, 0.1) is 5.54 Å². The van der Waals surface area contributed by atoms with E-state index >= 15 is 0 Å². The van der Waals surface area contributed by atoms with Crippen LogP contribution in [0.4, 0.5) is 14.6 Å². The van der Waals surface area contributed by atoms with Crippen LogP contribution in [-0.4, -0.2) is 65.3 Å². The molecule has 6 nitrogen and oxygen atoms in total. The van der Waals surface area contributed by atoms with Crippen LogP contribution in [0.2, 0.25) is 0 Å². The molecule has 4 fully saturated rings. The van der Waals surface area contributed by atoms with Crippen molar-refractivity contribution in [3.05, 3.63) is 60.5 Å². The number of piperazine rings is 1. The molecule has 2 aromatic rings. The summed E-state index contributed by atoms with van der Waals surface area (Å²) in [6, 6.07) is 9.28. The second-order valence-corrected chi connectivity index (χ2v) is 11.8. The van der Waals surface area contributed by atoms with Crippen LogP contribution in [0.1, 0.15) is 67.3 Å². The van der Waals surface area contributed by atoms with Crippen LogP contribution in [0.5, 0.6) is 6.01 Å². The van der Waals surface area contributed by atoms with Crippen molar-refractivity contribution in [3.8, 4) is 6.01 Å². The largest absolute Gasteiger partial charge is 1.00 e. The summed E-state index contributed by atoms with van der Waals surface area (Å²) in [5.74, 6) is -1.57. The number of alkyl halides is 2. The van der Waals surface area contributed by atoms with Crippen molar-refractivity contribution in [1.82, 2.24) is 20.2 Å². The Kier molecular flexibility index (Phi) is 9.12. The normalized spacial score (nSPS) is 25.6. The fourth-order valence-corrected chi connectivity index (χ4v) is 7.35. The van der Waals surface area contributed by atoms with E-state index < -0.39 is 5.92 Å². The number of anilines is 1. The first-order chi connectivity index (χ1) is 18.9. The Bertz CT molecular complexity index is 1160. The molecular formula is C31H40F2LiN5O-2. The van der Waals surface area contributed by atoms with Gasteiger partial charge in [0, 0.05) is 37.3 Å². The maximum absolute atomic E-state index is 12.9. The van der Waals surface area contributed by atoms with E-state index in [0.29, 0.717) is 49.5 Å². The summed E-state index contributed by atoms with van der Waals surface area (Å²) in [6.07, 6.45) is 9.30. The van der Waals surface area contributed by atoms with Gasteiger partial charge in [-0.1, -0.05) is 5.56 Å². The molecule has 5 aliphatic rings. The average Bonchev–Trinajstić information content (AvgIpc) is 3.70. The third-order valence-corrected chi connectivity index (χ3v) is 9.36. The van der Waals surface area contributed by atoms with Gasteiger partial charge in [-0.3, -0.25) is 4.90 Å². The number of halogens is 2. The van der Waals surface area contributed by atoms with E-state index in [4.69, 9.17) is 14.7 Å². The van der Waals surface area contributed by atoms with Gasteiger partial charge in [-0.05, 0) is 63.6 Å². The summed E-state index contributed by atoms with van der Waals surface area (Å²) in [7, 11) is 0. The summed E-state index contributed by atoms with van der Waals surface area (Å²) >= 11 is 0. The van der Waals surface area contributed by atoms with Crippen molar-refractivity contribution in [2.75, 3.05) is 37.7 Å². The van der Waals surface area contributed by atoms with E-state index in [2.05, 4.69) is 35.0 Å². The molecule has 4 saturated heterocycles. The van der Waals surface area contributed by atoms with Gasteiger partial charge in [-0.15, -0.1) is 6.42 Å². The fraction of sp³-hybridized carbons (Fsp3) is 0.613. The van der Waals surface area contributed by atoms with Crippen LogP contribution < -0.4 is 33.8 Å². The van der Waals surface area contributed by atoms with Gasteiger partial charge in [0.1, 0.15) is 12.4 Å². The number of fused-ring (bicyclic) bond motifs is 4. The van der Waals surface area contributed by atoms with E-state index in [1.54, 1.807) is 12.1 Å². The van der Waals surface area contributed by atoms with Crippen molar-refractivity contribution in [2.24, 2.45) is 0 Å². The number of hydrogen-bond donors (Lipinski definition) is 1. The topological polar surface area (TPSA) is 53.5 Å². The number of benzene rings is 1. The van der Waals surface area contributed by atoms with Crippen molar-refractivity contribution in [2.45, 2.75) is 87.8 Å². The zero-order chi connectivity index (χ0) is 27.0. The Morgan fingerprint density at radius 3 is 2.42 bits per heavy atom.